The zero-order chi connectivity index (χ0) is 13.6. The molecule has 1 aliphatic rings. The van der Waals surface area contributed by atoms with Crippen LogP contribution in [-0.4, -0.2) is 16.9 Å². The van der Waals surface area contributed by atoms with Crippen LogP contribution >= 0.6 is 0 Å². The number of aromatic nitrogens is 1. The molecule has 0 aliphatic heterocycles. The number of ketones is 1. The molecular weight excluding hydrogens is 244 g/mol. The van der Waals surface area contributed by atoms with Gasteiger partial charge in [-0.25, -0.2) is 4.79 Å². The van der Waals surface area contributed by atoms with E-state index in [9.17, 15) is 9.59 Å². The Balaban J connectivity index is 2.06. The summed E-state index contributed by atoms with van der Waals surface area (Å²) in [6.07, 6.45) is 2.74. The van der Waals surface area contributed by atoms with Gasteiger partial charge in [0.25, 0.3) is 0 Å². The van der Waals surface area contributed by atoms with Gasteiger partial charge in [-0.1, -0.05) is 6.42 Å². The number of carbonyl (C=O) groups excluding carboxylic acids is 1. The molecule has 0 spiro atoms. The molecule has 0 saturated heterocycles. The first-order valence-electron chi connectivity index (χ1n) is 6.42. The molecule has 0 atom stereocenters. The van der Waals surface area contributed by atoms with Crippen LogP contribution in [0.15, 0.2) is 27.4 Å². The molecule has 1 aromatic heterocycles. The number of fused-ring (bicyclic) bond motifs is 1. The summed E-state index contributed by atoms with van der Waals surface area (Å²) in [7, 11) is 1.64. The third kappa shape index (κ3) is 1.65. The molecule has 0 unspecified atom stereocenters. The van der Waals surface area contributed by atoms with E-state index in [1.54, 1.807) is 25.2 Å². The Bertz CT molecular complexity index is 702. The highest BCUT2D eigenvalue weighted by Crippen LogP contribution is 2.42. The van der Waals surface area contributed by atoms with E-state index in [0.717, 1.165) is 19.3 Å². The summed E-state index contributed by atoms with van der Waals surface area (Å²) in [6, 6.07) is 5.14. The van der Waals surface area contributed by atoms with Crippen molar-refractivity contribution in [3.8, 4) is 0 Å². The van der Waals surface area contributed by atoms with Crippen LogP contribution < -0.4 is 11.5 Å². The van der Waals surface area contributed by atoms with Crippen LogP contribution in [0.5, 0.6) is 0 Å². The lowest BCUT2D eigenvalue weighted by atomic mass is 9.64. The Hall–Kier alpha value is -1.88. The molecule has 19 heavy (non-hydrogen) atoms. The molecule has 5 nitrogen and oxygen atoms in total. The summed E-state index contributed by atoms with van der Waals surface area (Å²) >= 11 is 0. The van der Waals surface area contributed by atoms with Crippen LogP contribution in [0.2, 0.25) is 0 Å². The van der Waals surface area contributed by atoms with E-state index in [4.69, 9.17) is 10.2 Å². The summed E-state index contributed by atoms with van der Waals surface area (Å²) in [5.41, 5.74) is 7.07. The fourth-order valence-electron chi connectivity index (χ4n) is 2.71. The second-order valence-electron chi connectivity index (χ2n) is 5.28. The first-order valence-corrected chi connectivity index (χ1v) is 6.42. The van der Waals surface area contributed by atoms with E-state index in [2.05, 4.69) is 0 Å². The van der Waals surface area contributed by atoms with Crippen molar-refractivity contribution in [2.45, 2.75) is 19.3 Å². The second-order valence-corrected chi connectivity index (χ2v) is 5.28. The molecule has 1 fully saturated rings. The number of nitrogens with two attached hydrogens (primary N) is 1. The second kappa shape index (κ2) is 4.06. The Morgan fingerprint density at radius 1 is 1.47 bits per heavy atom. The van der Waals surface area contributed by atoms with E-state index < -0.39 is 11.2 Å². The number of aryl methyl sites for hydroxylation is 1. The number of benzene rings is 1. The SMILES string of the molecule is Cn1c(=O)oc2cc(C(=O)C3(CN)CCC3)ccc21. The standard InChI is InChI=1S/C14H16N2O3/c1-16-10-4-3-9(7-11(10)19-13(16)18)12(17)14(8-15)5-2-6-14/h3-4,7H,2,5-6,8,15H2,1H3. The van der Waals surface area contributed by atoms with Gasteiger partial charge in [0.2, 0.25) is 0 Å². The number of rotatable bonds is 3. The van der Waals surface area contributed by atoms with Crippen molar-refractivity contribution in [3.63, 3.8) is 0 Å². The van der Waals surface area contributed by atoms with Crippen LogP contribution in [0, 0.1) is 5.41 Å². The average molecular weight is 260 g/mol. The van der Waals surface area contributed by atoms with Crippen LogP contribution in [0.25, 0.3) is 11.1 Å². The molecule has 1 heterocycles. The summed E-state index contributed by atoms with van der Waals surface area (Å²) in [4.78, 5) is 23.9. The molecule has 1 aromatic carbocycles. The Labute approximate surface area is 110 Å². The molecule has 1 saturated carbocycles. The van der Waals surface area contributed by atoms with Crippen molar-refractivity contribution in [1.82, 2.24) is 4.57 Å². The smallest absolute Gasteiger partial charge is 0.408 e. The van der Waals surface area contributed by atoms with Crippen LogP contribution in [0.4, 0.5) is 0 Å². The van der Waals surface area contributed by atoms with E-state index in [1.807, 2.05) is 0 Å². The van der Waals surface area contributed by atoms with Crippen LogP contribution in [0.1, 0.15) is 29.6 Å². The lowest BCUT2D eigenvalue weighted by molar-refractivity contribution is 0.0636. The van der Waals surface area contributed by atoms with Crippen molar-refractivity contribution in [1.29, 1.82) is 0 Å². The number of carbonyl (C=O) groups is 1. The van der Waals surface area contributed by atoms with Gasteiger partial charge in [-0.3, -0.25) is 9.36 Å². The molecule has 1 aliphatic carbocycles. The predicted molar refractivity (Wildman–Crippen MR) is 71.1 cm³/mol. The van der Waals surface area contributed by atoms with Crippen LogP contribution in [-0.2, 0) is 7.05 Å². The Morgan fingerprint density at radius 3 is 2.79 bits per heavy atom. The fraction of sp³-hybridized carbons (Fsp3) is 0.429. The molecule has 100 valence electrons. The molecule has 2 N–H and O–H groups in total. The minimum atomic E-state index is -0.420. The maximum Gasteiger partial charge on any atom is 0.419 e. The number of nitrogens with zero attached hydrogens (tertiary/aromatic N) is 1. The first kappa shape index (κ1) is 12.2. The monoisotopic (exact) mass is 260 g/mol. The van der Waals surface area contributed by atoms with Gasteiger partial charge in [0.1, 0.15) is 0 Å². The normalized spacial score (nSPS) is 17.4. The zero-order valence-electron chi connectivity index (χ0n) is 10.8. The number of oxazole rings is 1. The van der Waals surface area contributed by atoms with Gasteiger partial charge in [-0.2, -0.15) is 0 Å². The van der Waals surface area contributed by atoms with Gasteiger partial charge < -0.3 is 10.2 Å². The van der Waals surface area contributed by atoms with Crippen molar-refractivity contribution in [2.24, 2.45) is 18.2 Å². The first-order chi connectivity index (χ1) is 9.07. The highest BCUT2D eigenvalue weighted by molar-refractivity contribution is 6.03. The van der Waals surface area contributed by atoms with E-state index in [-0.39, 0.29) is 5.78 Å². The highest BCUT2D eigenvalue weighted by Gasteiger charge is 2.43. The number of hydrogen-bond donors (Lipinski definition) is 1. The topological polar surface area (TPSA) is 78.2 Å². The average Bonchev–Trinajstić information content (AvgIpc) is 2.64. The summed E-state index contributed by atoms with van der Waals surface area (Å²) in [6.45, 7) is 0.378. The minimum absolute atomic E-state index is 0.0645. The van der Waals surface area contributed by atoms with Crippen molar-refractivity contribution in [2.75, 3.05) is 6.54 Å². The highest BCUT2D eigenvalue weighted by atomic mass is 16.4. The number of Topliss-reactive ketones (excluding diaryl/α,β-unsaturated/α-hetero) is 1. The molecule has 2 aromatic rings. The molecule has 0 radical (unpaired) electrons. The molecule has 5 heteroatoms. The predicted octanol–water partition coefficient (Wildman–Crippen LogP) is 1.44. The zero-order valence-corrected chi connectivity index (χ0v) is 10.8. The van der Waals surface area contributed by atoms with E-state index in [1.165, 1.54) is 4.57 Å². The van der Waals surface area contributed by atoms with E-state index in [0.29, 0.717) is 23.2 Å². The lowest BCUT2D eigenvalue weighted by Crippen LogP contribution is -2.44. The summed E-state index contributed by atoms with van der Waals surface area (Å²) < 4.78 is 6.53. The fourth-order valence-corrected chi connectivity index (χ4v) is 2.71. The van der Waals surface area contributed by atoms with Gasteiger partial charge >= 0.3 is 5.76 Å². The van der Waals surface area contributed by atoms with Crippen molar-refractivity contribution >= 4 is 16.9 Å². The lowest BCUT2D eigenvalue weighted by Gasteiger charge is -2.39. The maximum absolute atomic E-state index is 12.5. The molecular formula is C14H16N2O3. The van der Waals surface area contributed by atoms with E-state index >= 15 is 0 Å². The summed E-state index contributed by atoms with van der Waals surface area (Å²) in [5, 5.41) is 0. The third-order valence-electron chi connectivity index (χ3n) is 4.24. The molecule has 0 bridgehead atoms. The Kier molecular flexibility index (Phi) is 2.60. The molecule has 3 rings (SSSR count). The third-order valence-corrected chi connectivity index (χ3v) is 4.24. The van der Waals surface area contributed by atoms with Gasteiger partial charge in [-0.05, 0) is 31.0 Å². The number of hydrogen-bond acceptors (Lipinski definition) is 4. The van der Waals surface area contributed by atoms with Gasteiger partial charge in [0.15, 0.2) is 11.4 Å². The van der Waals surface area contributed by atoms with Gasteiger partial charge in [0, 0.05) is 24.6 Å². The van der Waals surface area contributed by atoms with Crippen LogP contribution in [0.3, 0.4) is 0 Å². The largest absolute Gasteiger partial charge is 0.419 e. The minimum Gasteiger partial charge on any atom is -0.408 e. The molecule has 0 amide bonds. The Morgan fingerprint density at radius 2 is 2.21 bits per heavy atom. The van der Waals surface area contributed by atoms with Gasteiger partial charge in [-0.15, -0.1) is 0 Å². The van der Waals surface area contributed by atoms with Crippen molar-refractivity contribution < 1.29 is 9.21 Å². The summed E-state index contributed by atoms with van der Waals surface area (Å²) in [5.74, 6) is -0.355. The maximum atomic E-state index is 12.5. The van der Waals surface area contributed by atoms with Crippen molar-refractivity contribution in [3.05, 3.63) is 34.3 Å². The quantitative estimate of drug-likeness (QED) is 0.847. The van der Waals surface area contributed by atoms with Gasteiger partial charge in [0.05, 0.1) is 5.52 Å².